The van der Waals surface area contributed by atoms with Gasteiger partial charge >= 0.3 is 12.2 Å². The van der Waals surface area contributed by atoms with E-state index in [4.69, 9.17) is 44.3 Å². The van der Waals surface area contributed by atoms with E-state index in [1.54, 1.807) is 17.0 Å². The Hall–Kier alpha value is -2.90. The molecule has 3 aromatic carbocycles. The zero-order chi connectivity index (χ0) is 42.4. The molecular formula is C43H57BrCl3N3O7. The van der Waals surface area contributed by atoms with Gasteiger partial charge < -0.3 is 34.8 Å². The summed E-state index contributed by atoms with van der Waals surface area (Å²) in [5.74, 6) is 0.103. The Balaban J connectivity index is 0.000000213. The molecule has 3 aliphatic rings. The second-order valence-electron chi connectivity index (χ2n) is 16.6. The Morgan fingerprint density at radius 3 is 1.53 bits per heavy atom. The van der Waals surface area contributed by atoms with Gasteiger partial charge in [-0.2, -0.15) is 0 Å². The molecule has 3 N–H and O–H groups in total. The van der Waals surface area contributed by atoms with E-state index in [-0.39, 0.29) is 18.4 Å². The van der Waals surface area contributed by atoms with Crippen molar-refractivity contribution in [3.8, 4) is 0 Å². The molecule has 14 heteroatoms. The third kappa shape index (κ3) is 18.7. The summed E-state index contributed by atoms with van der Waals surface area (Å²) in [5.41, 5.74) is 0.933. The molecular weight excluding hydrogens is 857 g/mol. The molecule has 6 rings (SSSR count). The number of halogens is 4. The molecule has 0 saturated carbocycles. The van der Waals surface area contributed by atoms with Crippen molar-refractivity contribution in [2.75, 3.05) is 39.3 Å². The minimum absolute atomic E-state index is 0.103. The van der Waals surface area contributed by atoms with Crippen molar-refractivity contribution in [1.82, 2.24) is 15.1 Å². The Kier molecular flexibility index (Phi) is 18.6. The number of amides is 2. The van der Waals surface area contributed by atoms with E-state index in [1.807, 2.05) is 102 Å². The molecule has 3 aromatic rings. The summed E-state index contributed by atoms with van der Waals surface area (Å²) in [6, 6.07) is 22.8. The van der Waals surface area contributed by atoms with Crippen LogP contribution in [0, 0.1) is 0 Å². The summed E-state index contributed by atoms with van der Waals surface area (Å²) in [6.07, 6.45) is 2.29. The number of carbonyl (C=O) groups excluding carboxylic acids is 3. The van der Waals surface area contributed by atoms with E-state index in [0.29, 0.717) is 56.9 Å². The lowest BCUT2D eigenvalue weighted by Crippen LogP contribution is -2.40. The SMILES string of the molecule is CC(C)(C)OC(=O)N1CCC(=O)C1.CC(C)(C)OC(=O)N1CCC(O)(Cc2ccc(Cl)cc2)C1.Clc1ccc(CBr)cc1.OC1(Cc2ccc(Cl)cc2)CCNC1. The fraction of sp³-hybridized carbons (Fsp3) is 0.512. The van der Waals surface area contributed by atoms with Gasteiger partial charge in [0.1, 0.15) is 11.2 Å². The minimum Gasteiger partial charge on any atom is -0.444 e. The molecule has 0 bridgehead atoms. The number of hydrogen-bond donors (Lipinski definition) is 3. The van der Waals surface area contributed by atoms with E-state index in [1.165, 1.54) is 10.5 Å². The van der Waals surface area contributed by atoms with Crippen LogP contribution in [0.1, 0.15) is 77.5 Å². The zero-order valence-corrected chi connectivity index (χ0v) is 37.6. The van der Waals surface area contributed by atoms with Gasteiger partial charge in [-0.1, -0.05) is 87.1 Å². The third-order valence-electron chi connectivity index (χ3n) is 8.85. The van der Waals surface area contributed by atoms with Crippen molar-refractivity contribution in [2.24, 2.45) is 0 Å². The largest absolute Gasteiger partial charge is 0.444 e. The molecule has 314 valence electrons. The molecule has 3 heterocycles. The fourth-order valence-corrected chi connectivity index (χ4v) is 6.77. The van der Waals surface area contributed by atoms with E-state index in [2.05, 4.69) is 21.2 Å². The van der Waals surface area contributed by atoms with E-state index >= 15 is 0 Å². The first-order chi connectivity index (χ1) is 26.6. The van der Waals surface area contributed by atoms with Crippen molar-refractivity contribution >= 4 is 68.7 Å². The lowest BCUT2D eigenvalue weighted by atomic mass is 9.94. The Morgan fingerprint density at radius 1 is 0.702 bits per heavy atom. The van der Waals surface area contributed by atoms with Crippen molar-refractivity contribution in [2.45, 2.75) is 101 Å². The summed E-state index contributed by atoms with van der Waals surface area (Å²) in [7, 11) is 0. The van der Waals surface area contributed by atoms with Crippen molar-refractivity contribution in [3.63, 3.8) is 0 Å². The highest BCUT2D eigenvalue weighted by atomic mass is 79.9. The average molecular weight is 914 g/mol. The van der Waals surface area contributed by atoms with Crippen LogP contribution in [0.4, 0.5) is 9.59 Å². The maximum Gasteiger partial charge on any atom is 0.410 e. The van der Waals surface area contributed by atoms with E-state index in [0.717, 1.165) is 39.5 Å². The van der Waals surface area contributed by atoms with Gasteiger partial charge in [0.25, 0.3) is 0 Å². The van der Waals surface area contributed by atoms with Gasteiger partial charge in [0, 0.05) is 59.3 Å². The topological polar surface area (TPSA) is 129 Å². The summed E-state index contributed by atoms with van der Waals surface area (Å²) >= 11 is 20.6. The lowest BCUT2D eigenvalue weighted by Gasteiger charge is -2.26. The number of Topliss-reactive ketones (excluding diaryl/α,β-unsaturated/α-hetero) is 1. The van der Waals surface area contributed by atoms with Crippen molar-refractivity contribution in [1.29, 1.82) is 0 Å². The van der Waals surface area contributed by atoms with Gasteiger partial charge in [0.15, 0.2) is 5.78 Å². The first kappa shape index (κ1) is 48.5. The molecule has 2 atom stereocenters. The predicted molar refractivity (Wildman–Crippen MR) is 232 cm³/mol. The molecule has 3 aliphatic heterocycles. The molecule has 3 fully saturated rings. The highest BCUT2D eigenvalue weighted by Gasteiger charge is 2.39. The van der Waals surface area contributed by atoms with E-state index in [9.17, 15) is 24.6 Å². The molecule has 3 saturated heterocycles. The maximum atomic E-state index is 12.0. The number of ether oxygens (including phenoxy) is 2. The van der Waals surface area contributed by atoms with Crippen LogP contribution >= 0.6 is 50.7 Å². The molecule has 10 nitrogen and oxygen atoms in total. The quantitative estimate of drug-likeness (QED) is 0.216. The number of benzene rings is 3. The second kappa shape index (κ2) is 21.9. The van der Waals surface area contributed by atoms with Crippen molar-refractivity contribution < 1.29 is 34.1 Å². The first-order valence-corrected chi connectivity index (χ1v) is 21.2. The number of carbonyl (C=O) groups is 3. The molecule has 0 radical (unpaired) electrons. The van der Waals surface area contributed by atoms with Crippen LogP contribution in [0.25, 0.3) is 0 Å². The maximum absolute atomic E-state index is 12.0. The highest BCUT2D eigenvalue weighted by molar-refractivity contribution is 9.08. The summed E-state index contributed by atoms with van der Waals surface area (Å²) < 4.78 is 10.4. The fourth-order valence-electron chi connectivity index (χ4n) is 6.02. The zero-order valence-electron chi connectivity index (χ0n) is 33.8. The van der Waals surface area contributed by atoms with Crippen molar-refractivity contribution in [3.05, 3.63) is 105 Å². The number of ketones is 1. The Morgan fingerprint density at radius 2 is 1.14 bits per heavy atom. The minimum atomic E-state index is -0.898. The summed E-state index contributed by atoms with van der Waals surface area (Å²) in [6.45, 7) is 14.0. The smallest absolute Gasteiger partial charge is 0.410 e. The summed E-state index contributed by atoms with van der Waals surface area (Å²) in [5, 5.41) is 27.0. The van der Waals surface area contributed by atoms with Crippen LogP contribution in [-0.2, 0) is 32.4 Å². The molecule has 0 spiro atoms. The van der Waals surface area contributed by atoms with Gasteiger partial charge in [-0.3, -0.25) is 4.79 Å². The van der Waals surface area contributed by atoms with E-state index < -0.39 is 28.5 Å². The van der Waals surface area contributed by atoms with Gasteiger partial charge in [0.05, 0.1) is 24.3 Å². The lowest BCUT2D eigenvalue weighted by molar-refractivity contribution is -0.117. The Labute approximate surface area is 361 Å². The van der Waals surface area contributed by atoms with Gasteiger partial charge in [0.2, 0.25) is 0 Å². The standard InChI is InChI=1S/C16H22ClNO3.C11H14ClNO.C9H15NO3.C7H6BrCl/c1-15(2,3)21-14(19)18-9-8-16(20,11-18)10-12-4-6-13(17)7-5-12;12-10-3-1-9(2-4-10)7-11(14)5-6-13-8-11;1-9(2,3)13-8(12)10-5-4-7(11)6-10;8-5-6-1-3-7(9)4-2-6/h4-7,20H,8-11H2,1-3H3;1-4,13-14H,5-8H2;4-6H2,1-3H3;1-4H,5H2. The molecule has 2 amide bonds. The summed E-state index contributed by atoms with van der Waals surface area (Å²) in [4.78, 5) is 37.3. The molecule has 57 heavy (non-hydrogen) atoms. The average Bonchev–Trinajstić information content (AvgIpc) is 3.87. The second-order valence-corrected chi connectivity index (χ2v) is 18.5. The van der Waals surface area contributed by atoms with Crippen LogP contribution in [0.15, 0.2) is 72.8 Å². The number of aliphatic hydroxyl groups is 2. The van der Waals surface area contributed by atoms with Gasteiger partial charge in [-0.15, -0.1) is 0 Å². The molecule has 0 aromatic heterocycles. The first-order valence-electron chi connectivity index (χ1n) is 19.0. The monoisotopic (exact) mass is 911 g/mol. The number of nitrogens with one attached hydrogen (secondary N) is 1. The Bertz CT molecular complexity index is 1730. The predicted octanol–water partition coefficient (Wildman–Crippen LogP) is 9.29. The number of nitrogens with zero attached hydrogens (tertiary/aromatic N) is 2. The normalized spacial score (nSPS) is 20.4. The van der Waals surface area contributed by atoms with Crippen LogP contribution in [0.2, 0.25) is 15.1 Å². The van der Waals surface area contributed by atoms with Crippen LogP contribution in [0.5, 0.6) is 0 Å². The molecule has 2 unspecified atom stereocenters. The van der Waals surface area contributed by atoms with Crippen LogP contribution in [0.3, 0.4) is 0 Å². The number of β-amino-alcohol motifs (C(OH)–C–C–N with tert-alkyl or cyclic N) is 2. The number of rotatable bonds is 5. The molecule has 0 aliphatic carbocycles. The highest BCUT2D eigenvalue weighted by Crippen LogP contribution is 2.28. The number of hydrogen-bond acceptors (Lipinski definition) is 8. The van der Waals surface area contributed by atoms with Crippen LogP contribution < -0.4 is 5.32 Å². The third-order valence-corrected chi connectivity index (χ3v) is 10.2. The number of likely N-dealkylation sites (tertiary alicyclic amines) is 2. The van der Waals surface area contributed by atoms with Gasteiger partial charge in [-0.25, -0.2) is 9.59 Å². The van der Waals surface area contributed by atoms with Crippen LogP contribution in [-0.4, -0.2) is 99.7 Å². The number of alkyl halides is 1. The van der Waals surface area contributed by atoms with Gasteiger partial charge in [-0.05, 0) is 114 Å².